The molecule has 0 fully saturated rings. The molecule has 0 saturated heterocycles. The molecule has 0 spiro atoms. The number of hydrogen-bond acceptors (Lipinski definition) is 5. The number of fused-ring (bicyclic) bond motifs is 1. The Hall–Kier alpha value is -3.11. The lowest BCUT2D eigenvalue weighted by Gasteiger charge is -2.27. The van der Waals surface area contributed by atoms with Gasteiger partial charge in [0.05, 0.1) is 18.9 Å². The normalized spacial score (nSPS) is 14.1. The van der Waals surface area contributed by atoms with E-state index in [4.69, 9.17) is 9.84 Å². The van der Waals surface area contributed by atoms with Crippen LogP contribution in [0.2, 0.25) is 0 Å². The van der Waals surface area contributed by atoms with Crippen LogP contribution in [0.3, 0.4) is 0 Å². The summed E-state index contributed by atoms with van der Waals surface area (Å²) in [7, 11) is 0. The van der Waals surface area contributed by atoms with Crippen molar-refractivity contribution in [3.63, 3.8) is 0 Å². The molecular weight excluding hydrogens is 446 g/mol. The number of rotatable bonds is 9. The fraction of sp³-hybridized carbons (Fsp3) is 0.321. The Morgan fingerprint density at radius 1 is 1.18 bits per heavy atom. The van der Waals surface area contributed by atoms with E-state index in [1.54, 1.807) is 18.3 Å². The Balaban J connectivity index is 1.34. The zero-order valence-corrected chi connectivity index (χ0v) is 20.1. The molecule has 1 atom stereocenters. The lowest BCUT2D eigenvalue weighted by Crippen LogP contribution is -2.29. The van der Waals surface area contributed by atoms with Gasteiger partial charge >= 0.3 is 5.97 Å². The van der Waals surface area contributed by atoms with Crippen LogP contribution in [0, 0.1) is 11.8 Å². The fourth-order valence-corrected chi connectivity index (χ4v) is 5.34. The minimum absolute atomic E-state index is 0.0127. The minimum atomic E-state index is -0.858. The second kappa shape index (κ2) is 11.3. The zero-order chi connectivity index (χ0) is 23.9. The quantitative estimate of drug-likeness (QED) is 0.428. The molecule has 1 unspecified atom stereocenters. The first-order valence-corrected chi connectivity index (χ1v) is 12.2. The zero-order valence-electron chi connectivity index (χ0n) is 19.3. The van der Waals surface area contributed by atoms with Gasteiger partial charge in [-0.2, -0.15) is 0 Å². The molecule has 0 bridgehead atoms. The molecule has 0 amide bonds. The number of thiophene rings is 1. The number of hydrogen-bond donors (Lipinski definition) is 2. The molecule has 1 aromatic heterocycles. The standard InChI is InChI=1S/C28H29NO4S/c1-2-4-23(15-28(31)32)22-7-9-25(10-8-22)33-19-21-6-3-5-20(13-21)16-29-12-11-27-24(17-29)14-26(18-30)34-27/h3,5-10,13-14,23,30H,11-12,15-19H2,1H3,(H,31,32). The van der Waals surface area contributed by atoms with Gasteiger partial charge in [0.2, 0.25) is 0 Å². The van der Waals surface area contributed by atoms with Crippen LogP contribution in [-0.4, -0.2) is 27.6 Å². The Morgan fingerprint density at radius 2 is 1.97 bits per heavy atom. The Bertz CT molecular complexity index is 1190. The predicted molar refractivity (Wildman–Crippen MR) is 134 cm³/mol. The van der Waals surface area contributed by atoms with Crippen LogP contribution in [0.4, 0.5) is 0 Å². The number of carboxylic acids is 1. The molecular formula is C28H29NO4S. The van der Waals surface area contributed by atoms with Crippen molar-refractivity contribution in [3.8, 4) is 17.6 Å². The third-order valence-corrected chi connectivity index (χ3v) is 7.16. The van der Waals surface area contributed by atoms with E-state index in [-0.39, 0.29) is 18.9 Å². The Labute approximate surface area is 204 Å². The molecule has 0 radical (unpaired) electrons. The number of carboxylic acid groups (broad SMARTS) is 1. The molecule has 0 aliphatic carbocycles. The van der Waals surface area contributed by atoms with Crippen LogP contribution in [-0.2, 0) is 37.5 Å². The molecule has 2 aromatic carbocycles. The van der Waals surface area contributed by atoms with Crippen LogP contribution >= 0.6 is 11.3 Å². The van der Waals surface area contributed by atoms with Gasteiger partial charge in [0.1, 0.15) is 12.4 Å². The van der Waals surface area contributed by atoms with E-state index in [2.05, 4.69) is 47.1 Å². The maximum Gasteiger partial charge on any atom is 0.304 e. The van der Waals surface area contributed by atoms with Gasteiger partial charge in [-0.1, -0.05) is 42.3 Å². The summed E-state index contributed by atoms with van der Waals surface area (Å²) in [4.78, 5) is 16.0. The number of nitrogens with zero attached hydrogens (tertiary/aromatic N) is 1. The topological polar surface area (TPSA) is 70.0 Å². The summed E-state index contributed by atoms with van der Waals surface area (Å²) < 4.78 is 5.99. The summed E-state index contributed by atoms with van der Waals surface area (Å²) in [6.07, 6.45) is 1.02. The molecule has 0 saturated carbocycles. The Morgan fingerprint density at radius 3 is 2.71 bits per heavy atom. The molecule has 1 aliphatic rings. The van der Waals surface area contributed by atoms with Crippen LogP contribution in [0.1, 0.15) is 51.3 Å². The molecule has 6 heteroatoms. The van der Waals surface area contributed by atoms with Crippen LogP contribution in [0.25, 0.3) is 0 Å². The Kier molecular flexibility index (Phi) is 8.02. The first-order chi connectivity index (χ1) is 16.5. The third-order valence-electron chi connectivity index (χ3n) is 5.94. The van der Waals surface area contributed by atoms with Crippen LogP contribution < -0.4 is 4.74 Å². The van der Waals surface area contributed by atoms with Crippen LogP contribution in [0.5, 0.6) is 5.75 Å². The van der Waals surface area contributed by atoms with Crippen molar-refractivity contribution < 1.29 is 19.7 Å². The lowest BCUT2D eigenvalue weighted by molar-refractivity contribution is -0.137. The van der Waals surface area contributed by atoms with Crippen molar-refractivity contribution in [2.24, 2.45) is 0 Å². The summed E-state index contributed by atoms with van der Waals surface area (Å²) in [5, 5.41) is 18.5. The molecule has 34 heavy (non-hydrogen) atoms. The predicted octanol–water partition coefficient (Wildman–Crippen LogP) is 4.96. The SMILES string of the molecule is CC#CC(CC(=O)O)c1ccc(OCc2cccc(CN3CCc4sc(CO)cc4C3)c2)cc1. The minimum Gasteiger partial charge on any atom is -0.489 e. The molecule has 4 rings (SSSR count). The van der Waals surface area contributed by atoms with Crippen molar-refractivity contribution in [3.05, 3.63) is 86.6 Å². The van der Waals surface area contributed by atoms with Gasteiger partial charge in [0.25, 0.3) is 0 Å². The smallest absolute Gasteiger partial charge is 0.304 e. The highest BCUT2D eigenvalue weighted by Crippen LogP contribution is 2.29. The maximum absolute atomic E-state index is 11.1. The van der Waals surface area contributed by atoms with Crippen molar-refractivity contribution in [2.75, 3.05) is 6.54 Å². The number of aliphatic carboxylic acids is 1. The first kappa shape index (κ1) is 24.0. The van der Waals surface area contributed by atoms with Gasteiger partial charge in [-0.15, -0.1) is 17.3 Å². The maximum atomic E-state index is 11.1. The third kappa shape index (κ3) is 6.27. The van der Waals surface area contributed by atoms with E-state index in [9.17, 15) is 9.90 Å². The van der Waals surface area contributed by atoms with E-state index in [0.717, 1.165) is 47.8 Å². The highest BCUT2D eigenvalue weighted by molar-refractivity contribution is 7.12. The number of carbonyl (C=O) groups is 1. The molecule has 5 nitrogen and oxygen atoms in total. The van der Waals surface area contributed by atoms with Crippen molar-refractivity contribution in [2.45, 2.75) is 52.0 Å². The van der Waals surface area contributed by atoms with Gasteiger partial charge in [-0.3, -0.25) is 9.69 Å². The largest absolute Gasteiger partial charge is 0.489 e. The van der Waals surface area contributed by atoms with E-state index >= 15 is 0 Å². The summed E-state index contributed by atoms with van der Waals surface area (Å²) in [5.74, 6) is 5.36. The molecule has 176 valence electrons. The lowest BCUT2D eigenvalue weighted by atomic mass is 9.96. The van der Waals surface area contributed by atoms with E-state index in [1.807, 2.05) is 24.3 Å². The van der Waals surface area contributed by atoms with Gasteiger partial charge in [0, 0.05) is 29.4 Å². The van der Waals surface area contributed by atoms with Gasteiger partial charge in [-0.05, 0) is 53.8 Å². The molecule has 3 aromatic rings. The second-order valence-electron chi connectivity index (χ2n) is 8.50. The van der Waals surface area contributed by atoms with Crippen molar-refractivity contribution >= 4 is 17.3 Å². The summed E-state index contributed by atoms with van der Waals surface area (Å²) in [6, 6.07) is 18.1. The molecule has 1 aliphatic heterocycles. The fourth-order valence-electron chi connectivity index (χ4n) is 4.31. The van der Waals surface area contributed by atoms with Crippen LogP contribution in [0.15, 0.2) is 54.6 Å². The van der Waals surface area contributed by atoms with Crippen molar-refractivity contribution in [1.82, 2.24) is 4.90 Å². The average molecular weight is 476 g/mol. The highest BCUT2D eigenvalue weighted by Gasteiger charge is 2.19. The monoisotopic (exact) mass is 475 g/mol. The number of benzene rings is 2. The summed E-state index contributed by atoms with van der Waals surface area (Å²) >= 11 is 1.73. The second-order valence-corrected chi connectivity index (χ2v) is 9.72. The number of aliphatic hydroxyl groups is 1. The first-order valence-electron chi connectivity index (χ1n) is 11.4. The average Bonchev–Trinajstić information content (AvgIpc) is 3.25. The van der Waals surface area contributed by atoms with Gasteiger partial charge in [-0.25, -0.2) is 0 Å². The van der Waals surface area contributed by atoms with Gasteiger partial charge < -0.3 is 14.9 Å². The van der Waals surface area contributed by atoms with E-state index in [0.29, 0.717) is 6.61 Å². The highest BCUT2D eigenvalue weighted by atomic mass is 32.1. The van der Waals surface area contributed by atoms with E-state index < -0.39 is 5.97 Å². The number of ether oxygens (including phenoxy) is 1. The van der Waals surface area contributed by atoms with E-state index in [1.165, 1.54) is 16.0 Å². The molecule has 2 heterocycles. The van der Waals surface area contributed by atoms with Crippen molar-refractivity contribution in [1.29, 1.82) is 0 Å². The summed E-state index contributed by atoms with van der Waals surface area (Å²) in [5.41, 5.74) is 4.59. The molecule has 2 N–H and O–H groups in total. The van der Waals surface area contributed by atoms with Gasteiger partial charge in [0.15, 0.2) is 0 Å². The summed E-state index contributed by atoms with van der Waals surface area (Å²) in [6.45, 7) is 5.14. The number of aliphatic hydroxyl groups excluding tert-OH is 1.